The third kappa shape index (κ3) is 2.91. The number of hydrogen-bond donors (Lipinski definition) is 2. The summed E-state index contributed by atoms with van der Waals surface area (Å²) in [5.41, 5.74) is 0.0959. The topological polar surface area (TPSA) is 97.0 Å². The molecular weight excluding hydrogens is 386 g/mol. The fourth-order valence-corrected chi connectivity index (χ4v) is 4.70. The molecule has 4 amide bonds. The van der Waals surface area contributed by atoms with E-state index in [1.54, 1.807) is 38.5 Å². The highest BCUT2D eigenvalue weighted by Crippen LogP contribution is 2.55. The Morgan fingerprint density at radius 3 is 1.77 bits per heavy atom. The van der Waals surface area contributed by atoms with E-state index < -0.39 is 35.2 Å². The lowest BCUT2D eigenvalue weighted by Gasteiger charge is -2.40. The quantitative estimate of drug-likeness (QED) is 0.748. The summed E-state index contributed by atoms with van der Waals surface area (Å²) >= 11 is 0. The molecule has 30 heavy (non-hydrogen) atoms. The number of imide groups is 2. The number of carbonyl (C=O) groups excluding carboxylic acids is 3. The minimum Gasteiger partial charge on any atom is -0.497 e. The van der Waals surface area contributed by atoms with Gasteiger partial charge in [-0.2, -0.15) is 0 Å². The molecule has 1 spiro atoms. The van der Waals surface area contributed by atoms with Crippen molar-refractivity contribution >= 4 is 17.8 Å². The largest absolute Gasteiger partial charge is 0.497 e. The van der Waals surface area contributed by atoms with Crippen LogP contribution < -0.4 is 20.1 Å². The molecule has 2 aromatic carbocycles. The highest BCUT2D eigenvalue weighted by atomic mass is 16.5. The van der Waals surface area contributed by atoms with Crippen LogP contribution in [0.3, 0.4) is 0 Å². The van der Waals surface area contributed by atoms with Gasteiger partial charge in [-0.1, -0.05) is 24.3 Å². The number of methoxy groups -OCH3 is 2. The first-order valence-corrected chi connectivity index (χ1v) is 9.56. The average Bonchev–Trinajstić information content (AvgIpc) is 3.06. The summed E-state index contributed by atoms with van der Waals surface area (Å²) in [6, 6.07) is 13.2. The van der Waals surface area contributed by atoms with Gasteiger partial charge in [-0.05, 0) is 42.4 Å². The van der Waals surface area contributed by atoms with Gasteiger partial charge in [0.15, 0.2) is 5.41 Å². The number of likely N-dealkylation sites (N-methyl/N-ethyl adjacent to an activating group) is 1. The summed E-state index contributed by atoms with van der Waals surface area (Å²) in [4.78, 5) is 40.5. The molecule has 8 heteroatoms. The Morgan fingerprint density at radius 2 is 1.30 bits per heavy atom. The van der Waals surface area contributed by atoms with Crippen molar-refractivity contribution in [1.29, 1.82) is 0 Å². The molecule has 0 radical (unpaired) electrons. The Kier molecular flexibility index (Phi) is 4.95. The lowest BCUT2D eigenvalue weighted by molar-refractivity contribution is -0.147. The van der Waals surface area contributed by atoms with Crippen molar-refractivity contribution in [3.8, 4) is 11.5 Å². The molecule has 2 fully saturated rings. The number of amides is 4. The summed E-state index contributed by atoms with van der Waals surface area (Å²) in [6.07, 6.45) is 0. The summed E-state index contributed by atoms with van der Waals surface area (Å²) < 4.78 is 10.5. The number of benzene rings is 2. The third-order valence-electron chi connectivity index (χ3n) is 6.05. The Hall–Kier alpha value is -3.39. The van der Waals surface area contributed by atoms with Crippen molar-refractivity contribution in [2.24, 2.45) is 5.41 Å². The Bertz CT molecular complexity index is 967. The van der Waals surface area contributed by atoms with Crippen LogP contribution in [-0.4, -0.2) is 50.6 Å². The fourth-order valence-electron chi connectivity index (χ4n) is 4.70. The van der Waals surface area contributed by atoms with Crippen molar-refractivity contribution < 1.29 is 23.9 Å². The van der Waals surface area contributed by atoms with E-state index in [-0.39, 0.29) is 0 Å². The van der Waals surface area contributed by atoms with Gasteiger partial charge in [0.2, 0.25) is 11.8 Å². The maximum atomic E-state index is 13.3. The number of nitrogens with one attached hydrogen (secondary N) is 2. The Labute approximate surface area is 174 Å². The first-order chi connectivity index (χ1) is 14.4. The summed E-state index contributed by atoms with van der Waals surface area (Å²) in [5.74, 6) is -0.301. The van der Waals surface area contributed by atoms with E-state index >= 15 is 0 Å². The lowest BCUT2D eigenvalue weighted by Crippen LogP contribution is -2.65. The van der Waals surface area contributed by atoms with E-state index in [0.717, 1.165) is 11.1 Å². The maximum Gasteiger partial charge on any atom is 0.328 e. The molecule has 0 bridgehead atoms. The molecule has 2 saturated heterocycles. The zero-order valence-electron chi connectivity index (χ0n) is 17.0. The van der Waals surface area contributed by atoms with Crippen LogP contribution in [-0.2, 0) is 9.59 Å². The van der Waals surface area contributed by atoms with Crippen LogP contribution >= 0.6 is 0 Å². The van der Waals surface area contributed by atoms with Crippen LogP contribution in [0.4, 0.5) is 4.79 Å². The lowest BCUT2D eigenvalue weighted by atomic mass is 9.66. The highest BCUT2D eigenvalue weighted by molar-refractivity contribution is 6.20. The van der Waals surface area contributed by atoms with Gasteiger partial charge in [0.05, 0.1) is 20.3 Å². The second-order valence-electron chi connectivity index (χ2n) is 7.55. The highest BCUT2D eigenvalue weighted by Gasteiger charge is 2.65. The minimum absolute atomic E-state index is 0.456. The molecule has 2 N–H and O–H groups in total. The fraction of sp³-hybridized carbons (Fsp3) is 0.318. The SMILES string of the molecule is COc1ccc(C2CN(C)C(c3ccc(OC)cc3)C23C(=O)NC(=O)NC3=O)cc1. The smallest absolute Gasteiger partial charge is 0.328 e. The van der Waals surface area contributed by atoms with Crippen molar-refractivity contribution in [2.75, 3.05) is 27.8 Å². The van der Waals surface area contributed by atoms with E-state index in [2.05, 4.69) is 10.6 Å². The zero-order valence-corrected chi connectivity index (χ0v) is 17.0. The van der Waals surface area contributed by atoms with Crippen LogP contribution in [0.2, 0.25) is 0 Å². The van der Waals surface area contributed by atoms with Gasteiger partial charge in [-0.15, -0.1) is 0 Å². The van der Waals surface area contributed by atoms with Gasteiger partial charge in [-0.3, -0.25) is 25.1 Å². The molecule has 2 aliphatic heterocycles. The number of urea groups is 1. The van der Waals surface area contributed by atoms with Gasteiger partial charge in [0, 0.05) is 12.5 Å². The summed E-state index contributed by atoms with van der Waals surface area (Å²) in [5, 5.41) is 4.64. The summed E-state index contributed by atoms with van der Waals surface area (Å²) in [7, 11) is 5.02. The van der Waals surface area contributed by atoms with Gasteiger partial charge < -0.3 is 9.47 Å². The van der Waals surface area contributed by atoms with Gasteiger partial charge in [0.1, 0.15) is 11.5 Å². The number of nitrogens with zero attached hydrogens (tertiary/aromatic N) is 1. The number of barbiturate groups is 1. The van der Waals surface area contributed by atoms with E-state index in [9.17, 15) is 14.4 Å². The van der Waals surface area contributed by atoms with E-state index in [1.165, 1.54) is 0 Å². The molecule has 2 aliphatic rings. The Balaban J connectivity index is 1.87. The normalized spacial score (nSPS) is 23.2. The number of hydrogen-bond acceptors (Lipinski definition) is 6. The van der Waals surface area contributed by atoms with Crippen molar-refractivity contribution in [3.63, 3.8) is 0 Å². The molecule has 8 nitrogen and oxygen atoms in total. The molecule has 2 atom stereocenters. The second kappa shape index (κ2) is 7.46. The van der Waals surface area contributed by atoms with E-state index in [0.29, 0.717) is 18.0 Å². The number of carbonyl (C=O) groups is 3. The molecular formula is C22H23N3O5. The third-order valence-corrected chi connectivity index (χ3v) is 6.05. The molecule has 2 heterocycles. The predicted molar refractivity (Wildman–Crippen MR) is 108 cm³/mol. The van der Waals surface area contributed by atoms with Crippen LogP contribution in [0.5, 0.6) is 11.5 Å². The maximum absolute atomic E-state index is 13.3. The summed E-state index contributed by atoms with van der Waals surface area (Å²) in [6.45, 7) is 0.456. The standard InChI is InChI=1S/C22H23N3O5/c1-25-12-17(13-4-8-15(29-2)9-5-13)22(19(26)23-21(28)24-20(22)27)18(25)14-6-10-16(30-3)11-7-14/h4-11,17-18H,12H2,1-3H3,(H2,23,24,26,27,28). The minimum atomic E-state index is -1.51. The Morgan fingerprint density at radius 1 is 0.833 bits per heavy atom. The monoisotopic (exact) mass is 409 g/mol. The van der Waals surface area contributed by atoms with Crippen LogP contribution in [0.15, 0.2) is 48.5 Å². The van der Waals surface area contributed by atoms with Crippen LogP contribution in [0.1, 0.15) is 23.1 Å². The van der Waals surface area contributed by atoms with Crippen molar-refractivity contribution in [3.05, 3.63) is 59.7 Å². The molecule has 0 aromatic heterocycles. The zero-order chi connectivity index (χ0) is 21.5. The van der Waals surface area contributed by atoms with Crippen molar-refractivity contribution in [2.45, 2.75) is 12.0 Å². The van der Waals surface area contributed by atoms with Gasteiger partial charge in [-0.25, -0.2) is 4.79 Å². The first kappa shape index (κ1) is 19.9. The van der Waals surface area contributed by atoms with Crippen LogP contribution in [0.25, 0.3) is 0 Å². The van der Waals surface area contributed by atoms with Gasteiger partial charge >= 0.3 is 6.03 Å². The molecule has 0 aliphatic carbocycles. The van der Waals surface area contributed by atoms with Gasteiger partial charge in [0.25, 0.3) is 0 Å². The second-order valence-corrected chi connectivity index (χ2v) is 7.55. The van der Waals surface area contributed by atoms with Crippen LogP contribution in [0, 0.1) is 5.41 Å². The average molecular weight is 409 g/mol. The number of ether oxygens (including phenoxy) is 2. The van der Waals surface area contributed by atoms with E-state index in [1.807, 2.05) is 36.2 Å². The predicted octanol–water partition coefficient (Wildman–Crippen LogP) is 1.83. The molecule has 156 valence electrons. The molecule has 0 saturated carbocycles. The van der Waals surface area contributed by atoms with E-state index in [4.69, 9.17) is 9.47 Å². The number of rotatable bonds is 4. The first-order valence-electron chi connectivity index (χ1n) is 9.56. The molecule has 4 rings (SSSR count). The van der Waals surface area contributed by atoms with Crippen molar-refractivity contribution in [1.82, 2.24) is 15.5 Å². The molecule has 2 unspecified atom stereocenters. The number of likely N-dealkylation sites (tertiary alicyclic amines) is 1. The molecule has 2 aromatic rings.